The third-order valence-electron chi connectivity index (χ3n) is 18.5. The SMILES string of the molecule is Cc1ncsc1-c1ccc([C@H](C)NC(=O)[C@@H]2C[C@@H](O)CN2C(=O)[C@H](c2cc(N3CCC(C(C)N4CCC(OC5CC(Oc6cc(N7C8CCC7CN(c7cc(-c9ccccc9O)nnc7N)C8)ccn6)C5)CC4)CC3)no2)C(C)C)cc1. The number of piperazine rings is 1. The van der Waals surface area contributed by atoms with E-state index in [1.54, 1.807) is 28.4 Å². The highest BCUT2D eigenvalue weighted by Gasteiger charge is 2.45. The first-order chi connectivity index (χ1) is 39.7. The van der Waals surface area contributed by atoms with E-state index in [1.165, 1.54) is 0 Å². The van der Waals surface area contributed by atoms with Gasteiger partial charge in [0.15, 0.2) is 17.4 Å². The number of nitrogens with zero attached hydrogens (tertiary/aromatic N) is 10. The molecule has 1 aliphatic carbocycles. The molecule has 0 radical (unpaired) electrons. The zero-order chi connectivity index (χ0) is 56.8. The van der Waals surface area contributed by atoms with E-state index < -0.39 is 18.1 Å². The number of pyridine rings is 1. The Kier molecular flexibility index (Phi) is 16.1. The van der Waals surface area contributed by atoms with Crippen molar-refractivity contribution < 1.29 is 33.8 Å². The molecule has 3 unspecified atom stereocenters. The number of anilines is 4. The zero-order valence-corrected chi connectivity index (χ0v) is 48.5. The van der Waals surface area contributed by atoms with E-state index in [2.05, 4.69) is 69.3 Å². The number of aliphatic hydroxyl groups is 1. The topological polar surface area (TPSA) is 225 Å². The molecule has 2 amide bonds. The number of para-hydroxylation sites is 1. The zero-order valence-electron chi connectivity index (χ0n) is 47.7. The van der Waals surface area contributed by atoms with Crippen molar-refractivity contribution >= 4 is 46.2 Å². The molecule has 2 bridgehead atoms. The molecule has 1 saturated carbocycles. The summed E-state index contributed by atoms with van der Waals surface area (Å²) in [5, 5.41) is 37.5. The number of phenols is 1. The summed E-state index contributed by atoms with van der Waals surface area (Å²) >= 11 is 1.60. The lowest BCUT2D eigenvalue weighted by Crippen LogP contribution is -2.54. The molecule has 12 rings (SSSR count). The number of nitrogen functional groups attached to an aromatic ring is 1. The van der Waals surface area contributed by atoms with Crippen LogP contribution >= 0.6 is 11.3 Å². The molecule has 20 heteroatoms. The third kappa shape index (κ3) is 11.6. The van der Waals surface area contributed by atoms with Gasteiger partial charge in [-0.3, -0.25) is 9.59 Å². The largest absolute Gasteiger partial charge is 0.507 e. The van der Waals surface area contributed by atoms with Crippen LogP contribution in [0.4, 0.5) is 23.0 Å². The monoisotopic (exact) mass is 1130 g/mol. The van der Waals surface area contributed by atoms with E-state index in [9.17, 15) is 19.8 Å². The van der Waals surface area contributed by atoms with Crippen molar-refractivity contribution in [2.24, 2.45) is 11.8 Å². The van der Waals surface area contributed by atoms with Gasteiger partial charge < -0.3 is 59.8 Å². The number of nitrogens with two attached hydrogens (primary N) is 1. The summed E-state index contributed by atoms with van der Waals surface area (Å²) in [6, 6.07) is 23.3. The molecular formula is C62H78N12O7S. The molecular weight excluding hydrogens is 1060 g/mol. The number of ether oxygens (including phenoxy) is 2. The highest BCUT2D eigenvalue weighted by atomic mass is 32.1. The van der Waals surface area contributed by atoms with Crippen LogP contribution < -0.4 is 30.5 Å². The standard InChI is InChI=1S/C62H78N12O7S/c1-36(2)58(62(78)73-34-46(75)27-53(73)61(77)66-37(3)40-10-12-42(13-11-40)59-38(4)65-35-82-59)55-31-56(69-81-55)71-22-17-41(18-23-71)39(5)70-24-19-47(20-25-70)79-48-28-49(29-48)80-57-26-43(16-21-64-57)74-44-14-15-45(74)33-72(32-44)52-30-51(67-68-60(52)63)50-8-6-7-9-54(50)76/h6-13,16,21,26,30-31,35-37,39,41,44-49,53,58,75-76H,14-15,17-20,22-25,27-29,32-34H2,1-5H3,(H2,63,68)(H,66,77)/t37-,39?,44?,45?,46+,48?,49?,53-,58-/m0/s1. The Morgan fingerprint density at radius 1 is 0.817 bits per heavy atom. The molecule has 6 aliphatic rings. The number of β-amino-alcohol motifs (C(OH)–C–C–N with tert-alkyl or cyclic N) is 1. The van der Waals surface area contributed by atoms with Crippen molar-refractivity contribution in [2.75, 3.05) is 66.2 Å². The molecule has 9 heterocycles. The number of aliphatic hydroxyl groups excluding tert-OH is 1. The number of thiazole rings is 1. The van der Waals surface area contributed by atoms with Crippen LogP contribution in [0.15, 0.2) is 89.0 Å². The van der Waals surface area contributed by atoms with Gasteiger partial charge in [-0.2, -0.15) is 0 Å². The number of phenolic OH excluding ortho intramolecular Hbond substituents is 1. The number of rotatable bonds is 17. The highest BCUT2D eigenvalue weighted by Crippen LogP contribution is 2.41. The minimum absolute atomic E-state index is 0.0815. The fourth-order valence-electron chi connectivity index (χ4n) is 13.8. The number of benzene rings is 2. The molecule has 2 aromatic carbocycles. The Morgan fingerprint density at radius 2 is 1.56 bits per heavy atom. The second-order valence-corrected chi connectivity index (χ2v) is 25.0. The van der Waals surface area contributed by atoms with E-state index in [4.69, 9.17) is 19.7 Å². The summed E-state index contributed by atoms with van der Waals surface area (Å²) in [7, 11) is 0. The summed E-state index contributed by atoms with van der Waals surface area (Å²) < 4.78 is 19.1. The van der Waals surface area contributed by atoms with E-state index >= 15 is 0 Å². The van der Waals surface area contributed by atoms with Gasteiger partial charge in [0.25, 0.3) is 0 Å². The summed E-state index contributed by atoms with van der Waals surface area (Å²) in [6.07, 6.45) is 9.76. The lowest BCUT2D eigenvalue weighted by Gasteiger charge is -2.44. The number of nitrogens with one attached hydrogen (secondary N) is 1. The van der Waals surface area contributed by atoms with Gasteiger partial charge in [0.2, 0.25) is 17.7 Å². The van der Waals surface area contributed by atoms with Gasteiger partial charge in [-0.25, -0.2) is 9.97 Å². The van der Waals surface area contributed by atoms with Crippen molar-refractivity contribution in [1.29, 1.82) is 0 Å². The van der Waals surface area contributed by atoms with E-state index in [-0.39, 0.29) is 60.8 Å². The maximum Gasteiger partial charge on any atom is 0.243 e. The van der Waals surface area contributed by atoms with Crippen molar-refractivity contribution in [3.05, 3.63) is 102 Å². The van der Waals surface area contributed by atoms with Crippen LogP contribution in [0.1, 0.15) is 114 Å². The summed E-state index contributed by atoms with van der Waals surface area (Å²) in [5.74, 6) is 1.67. The van der Waals surface area contributed by atoms with Crippen LogP contribution in [0.2, 0.25) is 0 Å². The first kappa shape index (κ1) is 55.7. The molecule has 5 aliphatic heterocycles. The van der Waals surface area contributed by atoms with Crippen LogP contribution in [0.25, 0.3) is 21.7 Å². The molecule has 82 heavy (non-hydrogen) atoms. The Morgan fingerprint density at radius 3 is 2.27 bits per heavy atom. The van der Waals surface area contributed by atoms with Crippen LogP contribution in [0, 0.1) is 18.8 Å². The molecule has 19 nitrogen and oxygen atoms in total. The van der Waals surface area contributed by atoms with Gasteiger partial charge in [-0.05, 0) is 107 Å². The average molecular weight is 1140 g/mol. The smallest absolute Gasteiger partial charge is 0.243 e. The van der Waals surface area contributed by atoms with Crippen molar-refractivity contribution in [1.82, 2.24) is 40.4 Å². The predicted octanol–water partition coefficient (Wildman–Crippen LogP) is 8.38. The van der Waals surface area contributed by atoms with E-state index in [1.807, 2.05) is 87.9 Å². The van der Waals surface area contributed by atoms with Gasteiger partial charge in [-0.1, -0.05) is 55.4 Å². The van der Waals surface area contributed by atoms with E-state index in [0.29, 0.717) is 52.8 Å². The maximum atomic E-state index is 14.4. The first-order valence-electron chi connectivity index (χ1n) is 29.7. The average Bonchev–Trinajstić information content (AvgIpc) is 4.45. The van der Waals surface area contributed by atoms with Crippen LogP contribution in [0.5, 0.6) is 11.6 Å². The number of aryl methyl sites for hydroxylation is 1. The molecule has 5 saturated heterocycles. The molecule has 434 valence electrons. The molecule has 6 aromatic rings. The fourth-order valence-corrected chi connectivity index (χ4v) is 14.6. The number of aromatic nitrogens is 5. The maximum absolute atomic E-state index is 14.4. The quantitative estimate of drug-likeness (QED) is 0.0673. The summed E-state index contributed by atoms with van der Waals surface area (Å²) in [4.78, 5) is 49.7. The summed E-state index contributed by atoms with van der Waals surface area (Å²) in [5.41, 5.74) is 14.5. The number of hydrogen-bond donors (Lipinski definition) is 4. The second kappa shape index (κ2) is 23.8. The van der Waals surface area contributed by atoms with Crippen LogP contribution in [-0.4, -0.2) is 152 Å². The Bertz CT molecular complexity index is 3180. The number of piperidine rings is 2. The van der Waals surface area contributed by atoms with Gasteiger partial charge in [0.05, 0.1) is 51.8 Å². The first-order valence-corrected chi connectivity index (χ1v) is 30.6. The van der Waals surface area contributed by atoms with Gasteiger partial charge in [0.1, 0.15) is 23.8 Å². The third-order valence-corrected chi connectivity index (χ3v) is 19.5. The Labute approximate surface area is 484 Å². The Balaban J connectivity index is 0.572. The number of amides is 2. The minimum atomic E-state index is -0.805. The van der Waals surface area contributed by atoms with Crippen molar-refractivity contribution in [2.45, 2.75) is 153 Å². The van der Waals surface area contributed by atoms with Gasteiger partial charge in [0, 0.05) is 113 Å². The van der Waals surface area contributed by atoms with Crippen molar-refractivity contribution in [3.8, 4) is 33.3 Å². The minimum Gasteiger partial charge on any atom is -0.507 e. The number of fused-ring (bicyclic) bond motifs is 2. The number of likely N-dealkylation sites (tertiary alicyclic amines) is 2. The number of carbonyl (C=O) groups excluding carboxylic acids is 2. The predicted molar refractivity (Wildman–Crippen MR) is 316 cm³/mol. The number of carbonyl (C=O) groups is 2. The number of aromatic hydroxyl groups is 1. The normalized spacial score (nSPS) is 24.6. The second-order valence-electron chi connectivity index (χ2n) is 24.2. The van der Waals surface area contributed by atoms with Gasteiger partial charge >= 0.3 is 0 Å². The van der Waals surface area contributed by atoms with Crippen LogP contribution in [0.3, 0.4) is 0 Å². The molecule has 5 N–H and O–H groups in total. The lowest BCUT2D eigenvalue weighted by molar-refractivity contribution is -0.141. The molecule has 6 fully saturated rings. The molecule has 0 spiro atoms. The number of hydrogen-bond acceptors (Lipinski definition) is 18. The lowest BCUT2D eigenvalue weighted by atomic mass is 9.88. The van der Waals surface area contributed by atoms with E-state index in [0.717, 1.165) is 130 Å². The van der Waals surface area contributed by atoms with Crippen LogP contribution in [-0.2, 0) is 14.3 Å². The molecule has 7 atom stereocenters. The Hall–Kier alpha value is -6.87. The molecule has 4 aromatic heterocycles. The van der Waals surface area contributed by atoms with Crippen molar-refractivity contribution in [3.63, 3.8) is 0 Å². The van der Waals surface area contributed by atoms with Gasteiger partial charge in [-0.15, -0.1) is 21.5 Å². The summed E-state index contributed by atoms with van der Waals surface area (Å²) in [6.45, 7) is 15.7. The highest BCUT2D eigenvalue weighted by molar-refractivity contribution is 7.13. The fraction of sp³-hybridized carbons (Fsp3) is 0.532.